The van der Waals surface area contributed by atoms with E-state index in [1.54, 1.807) is 36.8 Å². The number of benzene rings is 1. The van der Waals surface area contributed by atoms with Crippen molar-refractivity contribution in [3.05, 3.63) is 59.4 Å². The van der Waals surface area contributed by atoms with Crippen LogP contribution in [-0.2, 0) is 10.5 Å². The summed E-state index contributed by atoms with van der Waals surface area (Å²) in [5.41, 5.74) is 1.13. The molecule has 1 heterocycles. The molecule has 0 aliphatic heterocycles. The standard InChI is InChI=1S/C15H15NO3S/c1-11-4-2-6-13(15(11)18)16-14(17)7-9-20-10-12-5-3-8-19-12/h2-9,18H,10H2,1H3,(H,16,17)/b9-7+. The van der Waals surface area contributed by atoms with Crippen molar-refractivity contribution in [1.29, 1.82) is 0 Å². The van der Waals surface area contributed by atoms with Gasteiger partial charge in [-0.3, -0.25) is 4.79 Å². The second kappa shape index (κ2) is 6.86. The van der Waals surface area contributed by atoms with E-state index in [9.17, 15) is 9.90 Å². The van der Waals surface area contributed by atoms with E-state index in [0.717, 1.165) is 11.3 Å². The number of carbonyl (C=O) groups excluding carboxylic acids is 1. The molecule has 1 aromatic carbocycles. The van der Waals surface area contributed by atoms with Crippen molar-refractivity contribution in [2.24, 2.45) is 0 Å². The molecule has 2 rings (SSSR count). The van der Waals surface area contributed by atoms with Crippen molar-refractivity contribution < 1.29 is 14.3 Å². The third kappa shape index (κ3) is 3.93. The third-order valence-electron chi connectivity index (χ3n) is 2.62. The number of hydrogen-bond donors (Lipinski definition) is 2. The summed E-state index contributed by atoms with van der Waals surface area (Å²) in [7, 11) is 0. The Labute approximate surface area is 121 Å². The number of amides is 1. The fourth-order valence-corrected chi connectivity index (χ4v) is 2.21. The summed E-state index contributed by atoms with van der Waals surface area (Å²) in [4.78, 5) is 11.7. The normalized spacial score (nSPS) is 10.8. The fraction of sp³-hybridized carbons (Fsp3) is 0.133. The summed E-state index contributed by atoms with van der Waals surface area (Å²) in [5, 5.41) is 14.1. The van der Waals surface area contributed by atoms with Crippen LogP contribution in [0.3, 0.4) is 0 Å². The fourth-order valence-electron chi connectivity index (χ4n) is 1.57. The number of aromatic hydroxyl groups is 1. The molecule has 20 heavy (non-hydrogen) atoms. The monoisotopic (exact) mass is 289 g/mol. The molecule has 1 aromatic heterocycles. The first-order valence-corrected chi connectivity index (χ1v) is 7.12. The van der Waals surface area contributed by atoms with Crippen molar-refractivity contribution in [2.45, 2.75) is 12.7 Å². The van der Waals surface area contributed by atoms with Crippen LogP contribution in [0.1, 0.15) is 11.3 Å². The summed E-state index contributed by atoms with van der Waals surface area (Å²) < 4.78 is 5.18. The van der Waals surface area contributed by atoms with E-state index in [4.69, 9.17) is 4.42 Å². The molecule has 1 amide bonds. The molecule has 4 nitrogen and oxygen atoms in total. The lowest BCUT2D eigenvalue weighted by molar-refractivity contribution is -0.111. The van der Waals surface area contributed by atoms with E-state index >= 15 is 0 Å². The highest BCUT2D eigenvalue weighted by Gasteiger charge is 2.05. The quantitative estimate of drug-likeness (QED) is 0.651. The lowest BCUT2D eigenvalue weighted by atomic mass is 10.2. The summed E-state index contributed by atoms with van der Waals surface area (Å²) in [5.74, 6) is 1.35. The van der Waals surface area contributed by atoms with Crippen LogP contribution in [0.4, 0.5) is 5.69 Å². The number of rotatable bonds is 5. The van der Waals surface area contributed by atoms with E-state index < -0.39 is 0 Å². The molecule has 5 heteroatoms. The highest BCUT2D eigenvalue weighted by Crippen LogP contribution is 2.26. The largest absolute Gasteiger partial charge is 0.505 e. The second-order valence-electron chi connectivity index (χ2n) is 4.15. The third-order valence-corrected chi connectivity index (χ3v) is 3.40. The number of phenols is 1. The number of phenolic OH excluding ortho intramolecular Hbond substituents is 1. The molecule has 0 spiro atoms. The zero-order valence-electron chi connectivity index (χ0n) is 11.0. The van der Waals surface area contributed by atoms with Crippen molar-refractivity contribution in [1.82, 2.24) is 0 Å². The van der Waals surface area contributed by atoms with Crippen LogP contribution < -0.4 is 5.32 Å². The first-order chi connectivity index (χ1) is 9.66. The van der Waals surface area contributed by atoms with Crippen LogP contribution >= 0.6 is 11.8 Å². The molecule has 0 atom stereocenters. The van der Waals surface area contributed by atoms with E-state index in [0.29, 0.717) is 11.4 Å². The number of anilines is 1. The molecule has 0 bridgehead atoms. The number of furan rings is 1. The minimum atomic E-state index is -0.280. The highest BCUT2D eigenvalue weighted by molar-refractivity contribution is 8.01. The van der Waals surface area contributed by atoms with Gasteiger partial charge in [0.1, 0.15) is 11.5 Å². The van der Waals surface area contributed by atoms with Gasteiger partial charge in [-0.15, -0.1) is 11.8 Å². The van der Waals surface area contributed by atoms with Gasteiger partial charge < -0.3 is 14.8 Å². The number of nitrogens with one attached hydrogen (secondary N) is 1. The maximum atomic E-state index is 11.7. The van der Waals surface area contributed by atoms with E-state index in [-0.39, 0.29) is 11.7 Å². The topological polar surface area (TPSA) is 62.5 Å². The van der Waals surface area contributed by atoms with Crippen LogP contribution in [0.5, 0.6) is 5.75 Å². The molecule has 0 aliphatic rings. The minimum absolute atomic E-state index is 0.0949. The van der Waals surface area contributed by atoms with Gasteiger partial charge in [-0.2, -0.15) is 0 Å². The molecule has 2 aromatic rings. The lowest BCUT2D eigenvalue weighted by Crippen LogP contribution is -2.07. The molecular formula is C15H15NO3S. The van der Waals surface area contributed by atoms with Gasteiger partial charge in [0, 0.05) is 6.08 Å². The Kier molecular flexibility index (Phi) is 4.90. The molecule has 0 saturated heterocycles. The molecule has 2 N–H and O–H groups in total. The maximum Gasteiger partial charge on any atom is 0.248 e. The van der Waals surface area contributed by atoms with Crippen molar-refractivity contribution >= 4 is 23.4 Å². The van der Waals surface area contributed by atoms with E-state index in [2.05, 4.69) is 5.32 Å². The lowest BCUT2D eigenvalue weighted by Gasteiger charge is -2.06. The van der Waals surface area contributed by atoms with Crippen LogP contribution in [0.25, 0.3) is 0 Å². The van der Waals surface area contributed by atoms with Gasteiger partial charge in [0.2, 0.25) is 5.91 Å². The molecule has 0 aliphatic carbocycles. The number of aryl methyl sites for hydroxylation is 1. The molecule has 104 valence electrons. The Balaban J connectivity index is 1.84. The van der Waals surface area contributed by atoms with E-state index in [1.807, 2.05) is 12.1 Å². The Morgan fingerprint density at radius 1 is 1.40 bits per heavy atom. The molecule has 0 fully saturated rings. The number of thioether (sulfide) groups is 1. The van der Waals surface area contributed by atoms with E-state index in [1.165, 1.54) is 17.8 Å². The zero-order valence-corrected chi connectivity index (χ0v) is 11.8. The smallest absolute Gasteiger partial charge is 0.248 e. The minimum Gasteiger partial charge on any atom is -0.505 e. The predicted molar refractivity (Wildman–Crippen MR) is 80.6 cm³/mol. The number of carbonyl (C=O) groups is 1. The van der Waals surface area contributed by atoms with Crippen molar-refractivity contribution in [3.63, 3.8) is 0 Å². The summed E-state index contributed by atoms with van der Waals surface area (Å²) >= 11 is 1.46. The van der Waals surface area contributed by atoms with Crippen LogP contribution in [0, 0.1) is 6.92 Å². The first kappa shape index (κ1) is 14.3. The SMILES string of the molecule is Cc1cccc(NC(=O)/C=C/SCc2ccco2)c1O. The van der Waals surface area contributed by atoms with Gasteiger partial charge >= 0.3 is 0 Å². The molecule has 0 radical (unpaired) electrons. The highest BCUT2D eigenvalue weighted by atomic mass is 32.2. The van der Waals surface area contributed by atoms with Crippen LogP contribution in [0.15, 0.2) is 52.5 Å². The van der Waals surface area contributed by atoms with Gasteiger partial charge in [-0.1, -0.05) is 12.1 Å². The van der Waals surface area contributed by atoms with Crippen LogP contribution in [-0.4, -0.2) is 11.0 Å². The average Bonchev–Trinajstić information content (AvgIpc) is 2.93. The van der Waals surface area contributed by atoms with Crippen molar-refractivity contribution in [2.75, 3.05) is 5.32 Å². The Hall–Kier alpha value is -2.14. The summed E-state index contributed by atoms with van der Waals surface area (Å²) in [6.07, 6.45) is 3.04. The zero-order chi connectivity index (χ0) is 14.4. The predicted octanol–water partition coefficient (Wildman–Crippen LogP) is 3.68. The summed E-state index contributed by atoms with van der Waals surface area (Å²) in [6, 6.07) is 8.92. The summed E-state index contributed by atoms with van der Waals surface area (Å²) in [6.45, 7) is 1.78. The van der Waals surface area contributed by atoms with Crippen LogP contribution in [0.2, 0.25) is 0 Å². The van der Waals surface area contributed by atoms with Gasteiger partial charge in [0.25, 0.3) is 0 Å². The molecule has 0 unspecified atom stereocenters. The number of hydrogen-bond acceptors (Lipinski definition) is 4. The maximum absolute atomic E-state index is 11.7. The average molecular weight is 289 g/mol. The number of para-hydroxylation sites is 1. The van der Waals surface area contributed by atoms with Crippen molar-refractivity contribution in [3.8, 4) is 5.75 Å². The Bertz CT molecular complexity index is 606. The Morgan fingerprint density at radius 2 is 2.25 bits per heavy atom. The van der Waals surface area contributed by atoms with Gasteiger partial charge in [-0.25, -0.2) is 0 Å². The second-order valence-corrected chi connectivity index (χ2v) is 5.05. The first-order valence-electron chi connectivity index (χ1n) is 6.07. The van der Waals surface area contributed by atoms with Gasteiger partial charge in [0.05, 0.1) is 17.7 Å². The molecule has 0 saturated carbocycles. The van der Waals surface area contributed by atoms with Gasteiger partial charge in [-0.05, 0) is 36.1 Å². The Morgan fingerprint density at radius 3 is 3.00 bits per heavy atom. The molecular weight excluding hydrogens is 274 g/mol. The van der Waals surface area contributed by atoms with Gasteiger partial charge in [0.15, 0.2) is 0 Å².